The van der Waals surface area contributed by atoms with Gasteiger partial charge in [-0.3, -0.25) is 10.1 Å². The number of hydrogen-bond donors (Lipinski definition) is 1. The Balaban J connectivity index is 1.90. The molecule has 0 saturated carbocycles. The summed E-state index contributed by atoms with van der Waals surface area (Å²) < 4.78 is 0. The van der Waals surface area contributed by atoms with Crippen molar-refractivity contribution in [2.45, 2.75) is 18.9 Å². The second-order valence-corrected chi connectivity index (χ2v) is 6.87. The van der Waals surface area contributed by atoms with Crippen LogP contribution < -0.4 is 10.2 Å². The van der Waals surface area contributed by atoms with Gasteiger partial charge in [-0.2, -0.15) is 0 Å². The van der Waals surface area contributed by atoms with Crippen LogP contribution in [0.5, 0.6) is 0 Å². The molecule has 1 N–H and O–H groups in total. The summed E-state index contributed by atoms with van der Waals surface area (Å²) in [4.78, 5) is 23.8. The number of anilines is 3. The average molecular weight is 377 g/mol. The van der Waals surface area contributed by atoms with Gasteiger partial charge in [0, 0.05) is 23.8 Å². The number of nitro groups is 1. The molecule has 2 heterocycles. The summed E-state index contributed by atoms with van der Waals surface area (Å²) in [5.74, 6) is 0.498. The Bertz CT molecular complexity index is 777. The van der Waals surface area contributed by atoms with E-state index in [1.54, 1.807) is 24.3 Å². The lowest BCUT2D eigenvalue weighted by Gasteiger charge is -2.35. The molecule has 26 heavy (non-hydrogen) atoms. The fraction of sp³-hybridized carbons (Fsp3) is 0.412. The number of nitrogens with one attached hydrogen (secondary N) is 1. The van der Waals surface area contributed by atoms with E-state index < -0.39 is 4.92 Å². The molecule has 8 nitrogen and oxygen atoms in total. The lowest BCUT2D eigenvalue weighted by atomic mass is 10.0. The maximum absolute atomic E-state index is 11.8. The van der Waals surface area contributed by atoms with Crippen molar-refractivity contribution >= 4 is 34.6 Å². The van der Waals surface area contributed by atoms with E-state index in [2.05, 4.69) is 27.2 Å². The highest BCUT2D eigenvalue weighted by molar-refractivity contribution is 6.30. The normalized spacial score (nSPS) is 15.7. The van der Waals surface area contributed by atoms with Crippen LogP contribution >= 0.6 is 11.6 Å². The standard InChI is InChI=1S/C17H21ClN6O2/c1-22-9-7-14(8-10-22)23(2)17-15(24(25)26)16(19-11-20-17)21-13-5-3-12(18)4-6-13/h3-6,11,14H,7-10H2,1-2H3,(H,19,20,21). The first-order valence-corrected chi connectivity index (χ1v) is 8.77. The highest BCUT2D eigenvalue weighted by Crippen LogP contribution is 2.35. The minimum atomic E-state index is -0.432. The predicted octanol–water partition coefficient (Wildman–Crippen LogP) is 3.31. The van der Waals surface area contributed by atoms with E-state index in [1.807, 2.05) is 11.9 Å². The smallest absolute Gasteiger partial charge is 0.351 e. The zero-order valence-corrected chi connectivity index (χ0v) is 15.5. The van der Waals surface area contributed by atoms with Gasteiger partial charge in [-0.15, -0.1) is 0 Å². The Hall–Kier alpha value is -2.45. The van der Waals surface area contributed by atoms with Crippen molar-refractivity contribution in [2.75, 3.05) is 37.4 Å². The molecule has 0 spiro atoms. The van der Waals surface area contributed by atoms with Gasteiger partial charge < -0.3 is 15.1 Å². The van der Waals surface area contributed by atoms with Crippen LogP contribution in [0.4, 0.5) is 23.0 Å². The molecule has 3 rings (SSSR count). The zero-order valence-electron chi connectivity index (χ0n) is 14.7. The van der Waals surface area contributed by atoms with Crippen molar-refractivity contribution in [3.05, 3.63) is 45.7 Å². The Morgan fingerprint density at radius 2 is 1.92 bits per heavy atom. The molecule has 0 radical (unpaired) electrons. The van der Waals surface area contributed by atoms with Crippen LogP contribution in [0.3, 0.4) is 0 Å². The summed E-state index contributed by atoms with van der Waals surface area (Å²) in [6.07, 6.45) is 3.23. The van der Waals surface area contributed by atoms with Crippen molar-refractivity contribution in [3.8, 4) is 0 Å². The maximum atomic E-state index is 11.8. The van der Waals surface area contributed by atoms with Crippen LogP contribution in [0.2, 0.25) is 5.02 Å². The van der Waals surface area contributed by atoms with Crippen LogP contribution in [0.15, 0.2) is 30.6 Å². The van der Waals surface area contributed by atoms with E-state index in [0.717, 1.165) is 25.9 Å². The van der Waals surface area contributed by atoms with Gasteiger partial charge in [-0.05, 0) is 57.2 Å². The molecular formula is C17H21ClN6O2. The second-order valence-electron chi connectivity index (χ2n) is 6.43. The molecule has 1 fully saturated rings. The lowest BCUT2D eigenvalue weighted by molar-refractivity contribution is -0.383. The molecule has 0 amide bonds. The monoisotopic (exact) mass is 376 g/mol. The van der Waals surface area contributed by atoms with Gasteiger partial charge in [-0.25, -0.2) is 9.97 Å². The van der Waals surface area contributed by atoms with Gasteiger partial charge in [-0.1, -0.05) is 11.6 Å². The van der Waals surface area contributed by atoms with Gasteiger partial charge in [0.2, 0.25) is 11.6 Å². The Kier molecular flexibility index (Phi) is 5.53. The van der Waals surface area contributed by atoms with E-state index in [4.69, 9.17) is 11.6 Å². The first kappa shape index (κ1) is 18.3. The van der Waals surface area contributed by atoms with Crippen molar-refractivity contribution in [1.29, 1.82) is 0 Å². The highest BCUT2D eigenvalue weighted by atomic mass is 35.5. The third kappa shape index (κ3) is 4.03. The SMILES string of the molecule is CN1CCC(N(C)c2ncnc(Nc3ccc(Cl)cc3)c2[N+](=O)[O-])CC1. The molecule has 0 unspecified atom stereocenters. The van der Waals surface area contributed by atoms with Crippen molar-refractivity contribution in [3.63, 3.8) is 0 Å². The van der Waals surface area contributed by atoms with Gasteiger partial charge in [0.05, 0.1) is 4.92 Å². The summed E-state index contributed by atoms with van der Waals surface area (Å²) >= 11 is 5.89. The third-order valence-electron chi connectivity index (χ3n) is 4.66. The topological polar surface area (TPSA) is 87.4 Å². The molecule has 2 aromatic rings. The highest BCUT2D eigenvalue weighted by Gasteiger charge is 2.30. The van der Waals surface area contributed by atoms with Gasteiger partial charge >= 0.3 is 5.69 Å². The Morgan fingerprint density at radius 1 is 1.27 bits per heavy atom. The number of aromatic nitrogens is 2. The Labute approximate surface area is 157 Å². The third-order valence-corrected chi connectivity index (χ3v) is 4.91. The number of piperidine rings is 1. The largest absolute Gasteiger partial charge is 0.353 e. The van der Waals surface area contributed by atoms with Crippen LogP contribution in [0, 0.1) is 10.1 Å². The van der Waals surface area contributed by atoms with Crippen molar-refractivity contribution in [1.82, 2.24) is 14.9 Å². The van der Waals surface area contributed by atoms with E-state index in [0.29, 0.717) is 16.5 Å². The number of likely N-dealkylation sites (tertiary alicyclic amines) is 1. The van der Waals surface area contributed by atoms with Gasteiger partial charge in [0.25, 0.3) is 0 Å². The average Bonchev–Trinajstić information content (AvgIpc) is 2.63. The summed E-state index contributed by atoms with van der Waals surface area (Å²) in [5.41, 5.74) is 0.549. The molecule has 0 bridgehead atoms. The zero-order chi connectivity index (χ0) is 18.7. The molecule has 1 aliphatic heterocycles. The maximum Gasteiger partial charge on any atom is 0.353 e. The summed E-state index contributed by atoms with van der Waals surface area (Å²) in [5, 5.41) is 15.3. The molecule has 1 aliphatic rings. The van der Waals surface area contributed by atoms with Crippen molar-refractivity contribution in [2.24, 2.45) is 0 Å². The number of nitrogens with zero attached hydrogens (tertiary/aromatic N) is 5. The second kappa shape index (κ2) is 7.84. The molecule has 138 valence electrons. The van der Waals surface area contributed by atoms with Crippen LogP contribution in [0.25, 0.3) is 0 Å². The molecule has 1 aromatic carbocycles. The molecule has 9 heteroatoms. The molecule has 1 saturated heterocycles. The van der Waals surface area contributed by atoms with Crippen LogP contribution in [-0.4, -0.2) is 53.0 Å². The van der Waals surface area contributed by atoms with E-state index in [-0.39, 0.29) is 17.5 Å². The van der Waals surface area contributed by atoms with Gasteiger partial charge in [0.15, 0.2) is 0 Å². The van der Waals surface area contributed by atoms with Crippen LogP contribution in [-0.2, 0) is 0 Å². The van der Waals surface area contributed by atoms with E-state index >= 15 is 0 Å². The number of hydrogen-bond acceptors (Lipinski definition) is 7. The van der Waals surface area contributed by atoms with E-state index in [1.165, 1.54) is 6.33 Å². The predicted molar refractivity (Wildman–Crippen MR) is 102 cm³/mol. The summed E-state index contributed by atoms with van der Waals surface area (Å²) in [6, 6.07) is 7.12. The molecule has 1 aromatic heterocycles. The minimum absolute atomic E-state index is 0.121. The first-order valence-electron chi connectivity index (χ1n) is 8.39. The number of rotatable bonds is 5. The summed E-state index contributed by atoms with van der Waals surface area (Å²) in [7, 11) is 3.94. The van der Waals surface area contributed by atoms with Crippen molar-refractivity contribution < 1.29 is 4.92 Å². The molecule has 0 atom stereocenters. The molecular weight excluding hydrogens is 356 g/mol. The Morgan fingerprint density at radius 3 is 2.54 bits per heavy atom. The molecule has 0 aliphatic carbocycles. The van der Waals surface area contributed by atoms with E-state index in [9.17, 15) is 10.1 Å². The van der Waals surface area contributed by atoms with Crippen LogP contribution in [0.1, 0.15) is 12.8 Å². The minimum Gasteiger partial charge on any atom is -0.351 e. The number of halogens is 1. The number of benzene rings is 1. The quantitative estimate of drug-likeness (QED) is 0.632. The first-order chi connectivity index (χ1) is 12.5. The fourth-order valence-corrected chi connectivity index (χ4v) is 3.24. The van der Waals surface area contributed by atoms with Gasteiger partial charge in [0.1, 0.15) is 6.33 Å². The lowest BCUT2D eigenvalue weighted by Crippen LogP contribution is -2.42. The fourth-order valence-electron chi connectivity index (χ4n) is 3.11. The summed E-state index contributed by atoms with van der Waals surface area (Å²) in [6.45, 7) is 1.92.